The van der Waals surface area contributed by atoms with Crippen molar-refractivity contribution in [3.8, 4) is 0 Å². The number of furan rings is 1. The molecule has 0 saturated heterocycles. The molecule has 16 heavy (non-hydrogen) atoms. The predicted molar refractivity (Wildman–Crippen MR) is 60.7 cm³/mol. The zero-order chi connectivity index (χ0) is 11.4. The van der Waals surface area contributed by atoms with E-state index in [1.807, 2.05) is 24.1 Å². The van der Waals surface area contributed by atoms with Gasteiger partial charge in [0.05, 0.1) is 12.5 Å². The Labute approximate surface area is 93.1 Å². The van der Waals surface area contributed by atoms with Gasteiger partial charge in [-0.2, -0.15) is 4.98 Å². The van der Waals surface area contributed by atoms with E-state index in [9.17, 15) is 0 Å². The third-order valence-corrected chi connectivity index (χ3v) is 2.16. The summed E-state index contributed by atoms with van der Waals surface area (Å²) in [5, 5.41) is 0. The Balaban J connectivity index is 2.11. The second-order valence-corrected chi connectivity index (χ2v) is 3.37. The molecule has 2 aromatic heterocycles. The highest BCUT2D eigenvalue weighted by Crippen LogP contribution is 2.13. The standard InChI is InChI=1S/C10H13N5O/c1-15(6-8-3-5-16-7-8)9-2-4-12-10(13-9)14-11/h2-5,7H,6,11H2,1H3,(H,12,13,14). The van der Waals surface area contributed by atoms with Crippen molar-refractivity contribution >= 4 is 11.8 Å². The van der Waals surface area contributed by atoms with E-state index in [-0.39, 0.29) is 0 Å². The van der Waals surface area contributed by atoms with Crippen LogP contribution in [0.1, 0.15) is 5.56 Å². The maximum atomic E-state index is 5.25. The molecule has 84 valence electrons. The molecule has 2 rings (SSSR count). The van der Waals surface area contributed by atoms with Crippen molar-refractivity contribution in [2.75, 3.05) is 17.4 Å². The number of hydrazine groups is 1. The lowest BCUT2D eigenvalue weighted by Gasteiger charge is -2.17. The lowest BCUT2D eigenvalue weighted by atomic mass is 10.3. The lowest BCUT2D eigenvalue weighted by molar-refractivity contribution is 0.563. The maximum Gasteiger partial charge on any atom is 0.239 e. The SMILES string of the molecule is CN(Cc1ccoc1)c1ccnc(NN)n1. The highest BCUT2D eigenvalue weighted by molar-refractivity contribution is 5.41. The van der Waals surface area contributed by atoms with E-state index in [1.165, 1.54) is 0 Å². The Morgan fingerprint density at radius 3 is 3.06 bits per heavy atom. The molecule has 0 radical (unpaired) electrons. The van der Waals surface area contributed by atoms with Gasteiger partial charge in [-0.25, -0.2) is 10.8 Å². The zero-order valence-electron chi connectivity index (χ0n) is 8.92. The highest BCUT2D eigenvalue weighted by atomic mass is 16.3. The fourth-order valence-corrected chi connectivity index (χ4v) is 1.37. The monoisotopic (exact) mass is 219 g/mol. The van der Waals surface area contributed by atoms with Crippen molar-refractivity contribution in [3.63, 3.8) is 0 Å². The van der Waals surface area contributed by atoms with E-state index in [0.29, 0.717) is 5.95 Å². The summed E-state index contributed by atoms with van der Waals surface area (Å²) in [4.78, 5) is 10.1. The molecule has 6 heteroatoms. The topological polar surface area (TPSA) is 80.2 Å². The van der Waals surface area contributed by atoms with Gasteiger partial charge in [-0.05, 0) is 12.1 Å². The van der Waals surface area contributed by atoms with Gasteiger partial charge < -0.3 is 9.32 Å². The molecule has 0 fully saturated rings. The van der Waals surface area contributed by atoms with E-state index >= 15 is 0 Å². The molecule has 0 bridgehead atoms. The summed E-state index contributed by atoms with van der Waals surface area (Å²) in [5.41, 5.74) is 3.50. The third kappa shape index (κ3) is 2.29. The number of aromatic nitrogens is 2. The number of anilines is 2. The van der Waals surface area contributed by atoms with Crippen LogP contribution < -0.4 is 16.2 Å². The molecule has 3 N–H and O–H groups in total. The Morgan fingerprint density at radius 1 is 1.50 bits per heavy atom. The minimum Gasteiger partial charge on any atom is -0.472 e. The first-order valence-electron chi connectivity index (χ1n) is 4.81. The molecule has 0 spiro atoms. The van der Waals surface area contributed by atoms with Crippen LogP contribution in [0.3, 0.4) is 0 Å². The summed E-state index contributed by atoms with van der Waals surface area (Å²) in [6.45, 7) is 0.720. The molecule has 0 aromatic carbocycles. The van der Waals surface area contributed by atoms with Crippen molar-refractivity contribution in [1.82, 2.24) is 9.97 Å². The van der Waals surface area contributed by atoms with Gasteiger partial charge in [-0.1, -0.05) is 0 Å². The minimum atomic E-state index is 0.400. The number of nitrogens with one attached hydrogen (secondary N) is 1. The van der Waals surface area contributed by atoms with Crippen LogP contribution >= 0.6 is 0 Å². The van der Waals surface area contributed by atoms with Crippen LogP contribution in [0, 0.1) is 0 Å². The van der Waals surface area contributed by atoms with Crippen LogP contribution in [0.5, 0.6) is 0 Å². The van der Waals surface area contributed by atoms with Crippen LogP contribution in [0.25, 0.3) is 0 Å². The first-order chi connectivity index (χ1) is 7.79. The van der Waals surface area contributed by atoms with Crippen molar-refractivity contribution in [3.05, 3.63) is 36.4 Å². The summed E-state index contributed by atoms with van der Waals surface area (Å²) in [5.74, 6) is 6.44. The van der Waals surface area contributed by atoms with Crippen LogP contribution in [0.2, 0.25) is 0 Å². The van der Waals surface area contributed by atoms with Gasteiger partial charge in [0.25, 0.3) is 0 Å². The smallest absolute Gasteiger partial charge is 0.239 e. The molecule has 0 amide bonds. The van der Waals surface area contributed by atoms with E-state index in [2.05, 4.69) is 15.4 Å². The predicted octanol–water partition coefficient (Wildman–Crippen LogP) is 0.992. The molecule has 0 unspecified atom stereocenters. The number of hydrogen-bond donors (Lipinski definition) is 2. The molecule has 0 atom stereocenters. The Morgan fingerprint density at radius 2 is 2.38 bits per heavy atom. The molecular weight excluding hydrogens is 206 g/mol. The number of nitrogens with zero attached hydrogens (tertiary/aromatic N) is 3. The molecule has 2 aromatic rings. The summed E-state index contributed by atoms with van der Waals surface area (Å²) in [7, 11) is 1.94. The van der Waals surface area contributed by atoms with Crippen molar-refractivity contribution in [2.45, 2.75) is 6.54 Å². The Bertz CT molecular complexity index is 442. The Kier molecular flexibility index (Phi) is 3.02. The molecule has 6 nitrogen and oxygen atoms in total. The van der Waals surface area contributed by atoms with Gasteiger partial charge in [0.1, 0.15) is 5.82 Å². The van der Waals surface area contributed by atoms with Crippen LogP contribution in [0.4, 0.5) is 11.8 Å². The second kappa shape index (κ2) is 4.63. The first kappa shape index (κ1) is 10.4. The molecule has 0 aliphatic rings. The fraction of sp³-hybridized carbons (Fsp3) is 0.200. The average molecular weight is 219 g/mol. The number of nitrogen functional groups attached to an aromatic ring is 1. The average Bonchev–Trinajstić information content (AvgIpc) is 2.82. The van der Waals surface area contributed by atoms with E-state index < -0.39 is 0 Å². The summed E-state index contributed by atoms with van der Waals surface area (Å²) >= 11 is 0. The Hall–Kier alpha value is -2.08. The van der Waals surface area contributed by atoms with Gasteiger partial charge >= 0.3 is 0 Å². The van der Waals surface area contributed by atoms with Crippen molar-refractivity contribution in [2.24, 2.45) is 5.84 Å². The number of hydrogen-bond acceptors (Lipinski definition) is 6. The number of nitrogens with two attached hydrogens (primary N) is 1. The first-order valence-corrected chi connectivity index (χ1v) is 4.81. The van der Waals surface area contributed by atoms with Crippen LogP contribution in [-0.2, 0) is 6.54 Å². The molecular formula is C10H13N5O. The van der Waals surface area contributed by atoms with Crippen molar-refractivity contribution in [1.29, 1.82) is 0 Å². The van der Waals surface area contributed by atoms with E-state index in [1.54, 1.807) is 18.7 Å². The second-order valence-electron chi connectivity index (χ2n) is 3.37. The summed E-state index contributed by atoms with van der Waals surface area (Å²) in [6, 6.07) is 3.74. The van der Waals surface area contributed by atoms with Crippen LogP contribution in [-0.4, -0.2) is 17.0 Å². The quantitative estimate of drug-likeness (QED) is 0.589. The highest BCUT2D eigenvalue weighted by Gasteiger charge is 2.05. The summed E-state index contributed by atoms with van der Waals surface area (Å²) < 4.78 is 5.00. The fourth-order valence-electron chi connectivity index (χ4n) is 1.37. The maximum absolute atomic E-state index is 5.25. The largest absolute Gasteiger partial charge is 0.472 e. The van der Waals surface area contributed by atoms with Gasteiger partial charge in [0, 0.05) is 25.4 Å². The minimum absolute atomic E-state index is 0.400. The number of rotatable bonds is 4. The molecule has 2 heterocycles. The third-order valence-electron chi connectivity index (χ3n) is 2.16. The van der Waals surface area contributed by atoms with Gasteiger partial charge in [-0.3, -0.25) is 5.43 Å². The van der Waals surface area contributed by atoms with E-state index in [4.69, 9.17) is 10.3 Å². The summed E-state index contributed by atoms with van der Waals surface area (Å²) in [6.07, 6.45) is 5.01. The molecule has 0 saturated carbocycles. The normalized spacial score (nSPS) is 10.1. The lowest BCUT2D eigenvalue weighted by Crippen LogP contribution is -2.19. The van der Waals surface area contributed by atoms with Gasteiger partial charge in [0.15, 0.2) is 0 Å². The zero-order valence-corrected chi connectivity index (χ0v) is 8.92. The van der Waals surface area contributed by atoms with E-state index in [0.717, 1.165) is 17.9 Å². The van der Waals surface area contributed by atoms with Gasteiger partial charge in [-0.15, -0.1) is 0 Å². The van der Waals surface area contributed by atoms with Crippen molar-refractivity contribution < 1.29 is 4.42 Å². The van der Waals surface area contributed by atoms with Gasteiger partial charge in [0.2, 0.25) is 5.95 Å². The van der Waals surface area contributed by atoms with Crippen LogP contribution in [0.15, 0.2) is 35.3 Å². The molecule has 0 aliphatic carbocycles. The molecule has 0 aliphatic heterocycles.